The maximum Gasteiger partial charge on any atom is 0.573 e. The van der Waals surface area contributed by atoms with E-state index in [0.29, 0.717) is 0 Å². The van der Waals surface area contributed by atoms with E-state index in [4.69, 9.17) is 0 Å². The Morgan fingerprint density at radius 3 is 2.48 bits per heavy atom. The lowest BCUT2D eigenvalue weighted by Gasteiger charge is -2.34. The molecular weight excluding hydrogens is 345 g/mol. The number of methoxy groups -OCH3 is 1. The number of nitrogens with one attached hydrogen (secondary N) is 1. The third-order valence-corrected chi connectivity index (χ3v) is 3.51. The van der Waals surface area contributed by atoms with E-state index in [0.717, 1.165) is 31.4 Å². The van der Waals surface area contributed by atoms with Gasteiger partial charge in [0, 0.05) is 18.7 Å². The normalized spacial score (nSPS) is 17.7. The highest BCUT2D eigenvalue weighted by Crippen LogP contribution is 2.23. The molecule has 1 aliphatic heterocycles. The van der Waals surface area contributed by atoms with Crippen molar-refractivity contribution >= 4 is 17.8 Å². The zero-order valence-corrected chi connectivity index (χ0v) is 13.1. The zero-order valence-electron chi connectivity index (χ0n) is 13.1. The second-order valence-corrected chi connectivity index (χ2v) is 5.16. The topological polar surface area (TPSA) is 84.9 Å². The van der Waals surface area contributed by atoms with Crippen LogP contribution in [0.3, 0.4) is 0 Å². The quantitative estimate of drug-likeness (QED) is 0.813. The fraction of sp³-hybridized carbons (Fsp3) is 0.400. The molecule has 0 radical (unpaired) electrons. The molecule has 0 saturated carbocycles. The summed E-state index contributed by atoms with van der Waals surface area (Å²) in [6, 6.07) is 3.27. The van der Waals surface area contributed by atoms with Crippen molar-refractivity contribution in [3.63, 3.8) is 0 Å². The number of carbonyl (C=O) groups is 3. The molecule has 0 bridgehead atoms. The number of alkyl halides is 3. The van der Waals surface area contributed by atoms with E-state index in [-0.39, 0.29) is 25.1 Å². The second kappa shape index (κ2) is 7.41. The van der Waals surface area contributed by atoms with Crippen molar-refractivity contribution in [2.24, 2.45) is 0 Å². The van der Waals surface area contributed by atoms with Gasteiger partial charge in [0.15, 0.2) is 0 Å². The number of ether oxygens (including phenoxy) is 2. The first kappa shape index (κ1) is 18.6. The number of amides is 2. The van der Waals surface area contributed by atoms with Crippen molar-refractivity contribution in [2.75, 3.05) is 20.2 Å². The Hall–Kier alpha value is -2.78. The van der Waals surface area contributed by atoms with Crippen LogP contribution in [0.15, 0.2) is 24.3 Å². The van der Waals surface area contributed by atoms with E-state index in [2.05, 4.69) is 14.8 Å². The van der Waals surface area contributed by atoms with Crippen molar-refractivity contribution in [1.29, 1.82) is 0 Å². The fourth-order valence-electron chi connectivity index (χ4n) is 2.37. The monoisotopic (exact) mass is 360 g/mol. The maximum atomic E-state index is 12.6. The lowest BCUT2D eigenvalue weighted by Crippen LogP contribution is -2.57. The lowest BCUT2D eigenvalue weighted by atomic mass is 10.1. The molecule has 1 fully saturated rings. The maximum absolute atomic E-state index is 12.6. The molecule has 0 aromatic heterocycles. The summed E-state index contributed by atoms with van der Waals surface area (Å²) >= 11 is 0. The van der Waals surface area contributed by atoms with E-state index in [1.54, 1.807) is 0 Å². The third-order valence-electron chi connectivity index (χ3n) is 3.51. The lowest BCUT2D eigenvalue weighted by molar-refractivity contribution is -0.274. The molecule has 25 heavy (non-hydrogen) atoms. The average molecular weight is 360 g/mol. The number of hydrogen-bond acceptors (Lipinski definition) is 5. The number of halogens is 3. The van der Waals surface area contributed by atoms with Crippen LogP contribution in [0.1, 0.15) is 16.8 Å². The zero-order chi connectivity index (χ0) is 18.6. The standard InChI is InChI=1S/C15H15F3N2O5/c1-24-12(21)8-11-13(22)19-6-7-20(11)14(23)9-2-4-10(5-3-9)25-15(16,17)18/h2-5,11H,6-8H2,1H3,(H,19,22). The number of carbonyl (C=O) groups excluding carboxylic acids is 3. The molecule has 136 valence electrons. The van der Waals surface area contributed by atoms with E-state index in [1.165, 1.54) is 4.90 Å². The van der Waals surface area contributed by atoms with Crippen LogP contribution in [0, 0.1) is 0 Å². The van der Waals surface area contributed by atoms with E-state index >= 15 is 0 Å². The van der Waals surface area contributed by atoms with Gasteiger partial charge in [-0.15, -0.1) is 13.2 Å². The average Bonchev–Trinajstić information content (AvgIpc) is 2.55. The first-order valence-electron chi connectivity index (χ1n) is 7.22. The first-order valence-corrected chi connectivity index (χ1v) is 7.22. The molecule has 7 nitrogen and oxygen atoms in total. The predicted molar refractivity (Wildman–Crippen MR) is 77.6 cm³/mol. The number of rotatable bonds is 4. The van der Waals surface area contributed by atoms with Crippen LogP contribution in [0.4, 0.5) is 13.2 Å². The minimum absolute atomic E-state index is 0.0686. The van der Waals surface area contributed by atoms with Crippen LogP contribution < -0.4 is 10.1 Å². The first-order chi connectivity index (χ1) is 11.7. The second-order valence-electron chi connectivity index (χ2n) is 5.16. The molecule has 1 aromatic carbocycles. The van der Waals surface area contributed by atoms with Gasteiger partial charge in [-0.05, 0) is 24.3 Å². The Morgan fingerprint density at radius 1 is 1.28 bits per heavy atom. The Labute approximate surface area is 140 Å². The molecule has 1 N–H and O–H groups in total. The van der Waals surface area contributed by atoms with Gasteiger partial charge in [-0.25, -0.2) is 0 Å². The molecule has 1 atom stereocenters. The van der Waals surface area contributed by atoms with E-state index < -0.39 is 35.9 Å². The SMILES string of the molecule is COC(=O)CC1C(=O)NCCN1C(=O)c1ccc(OC(F)(F)F)cc1. The summed E-state index contributed by atoms with van der Waals surface area (Å²) < 4.78 is 44.7. The molecule has 2 amide bonds. The highest BCUT2D eigenvalue weighted by atomic mass is 19.4. The van der Waals surface area contributed by atoms with Crippen molar-refractivity contribution in [3.05, 3.63) is 29.8 Å². The van der Waals surface area contributed by atoms with Gasteiger partial charge in [0.1, 0.15) is 11.8 Å². The predicted octanol–water partition coefficient (Wildman–Crippen LogP) is 1.09. The molecule has 2 rings (SSSR count). The van der Waals surface area contributed by atoms with Crippen LogP contribution in [0.5, 0.6) is 5.75 Å². The molecule has 0 aliphatic carbocycles. The number of piperazine rings is 1. The Balaban J connectivity index is 2.16. The highest BCUT2D eigenvalue weighted by molar-refractivity contribution is 5.99. The van der Waals surface area contributed by atoms with Crippen molar-refractivity contribution < 1.29 is 37.0 Å². The number of nitrogens with zero attached hydrogens (tertiary/aromatic N) is 1. The van der Waals surface area contributed by atoms with Crippen molar-refractivity contribution in [1.82, 2.24) is 10.2 Å². The number of benzene rings is 1. The summed E-state index contributed by atoms with van der Waals surface area (Å²) in [5.41, 5.74) is 0.0686. The van der Waals surface area contributed by atoms with Gasteiger partial charge < -0.3 is 19.7 Å². The highest BCUT2D eigenvalue weighted by Gasteiger charge is 2.35. The summed E-state index contributed by atoms with van der Waals surface area (Å²) in [4.78, 5) is 37.1. The van der Waals surface area contributed by atoms with Gasteiger partial charge in [-0.2, -0.15) is 0 Å². The Bertz CT molecular complexity index is 660. The summed E-state index contributed by atoms with van der Waals surface area (Å²) in [5, 5.41) is 2.55. The van der Waals surface area contributed by atoms with Gasteiger partial charge in [0.2, 0.25) is 5.91 Å². The minimum Gasteiger partial charge on any atom is -0.469 e. The molecule has 1 unspecified atom stereocenters. The van der Waals surface area contributed by atoms with E-state index in [1.807, 2.05) is 0 Å². The van der Waals surface area contributed by atoms with Crippen LogP contribution in [-0.4, -0.2) is 55.3 Å². The minimum atomic E-state index is -4.83. The van der Waals surface area contributed by atoms with Gasteiger partial charge in [-0.3, -0.25) is 14.4 Å². The summed E-state index contributed by atoms with van der Waals surface area (Å²) in [5.74, 6) is -2.20. The molecule has 1 saturated heterocycles. The van der Waals surface area contributed by atoms with Gasteiger partial charge in [0.25, 0.3) is 5.91 Å². The van der Waals surface area contributed by atoms with E-state index in [9.17, 15) is 27.6 Å². The van der Waals surface area contributed by atoms with Gasteiger partial charge in [0.05, 0.1) is 13.5 Å². The van der Waals surface area contributed by atoms with Gasteiger partial charge >= 0.3 is 12.3 Å². The molecule has 1 heterocycles. The largest absolute Gasteiger partial charge is 0.573 e. The van der Waals surface area contributed by atoms with Crippen molar-refractivity contribution in [2.45, 2.75) is 18.8 Å². The summed E-state index contributed by atoms with van der Waals surface area (Å²) in [6.07, 6.45) is -5.15. The summed E-state index contributed by atoms with van der Waals surface area (Å²) in [6.45, 7) is 0.366. The van der Waals surface area contributed by atoms with Crippen molar-refractivity contribution in [3.8, 4) is 5.75 Å². The van der Waals surface area contributed by atoms with Crippen LogP contribution >= 0.6 is 0 Å². The fourth-order valence-corrected chi connectivity index (χ4v) is 2.37. The van der Waals surface area contributed by atoms with Gasteiger partial charge in [-0.1, -0.05) is 0 Å². The Kier molecular flexibility index (Phi) is 5.50. The number of esters is 1. The summed E-state index contributed by atoms with van der Waals surface area (Å²) in [7, 11) is 1.16. The van der Waals surface area contributed by atoms with Crippen LogP contribution in [0.2, 0.25) is 0 Å². The molecule has 1 aliphatic rings. The van der Waals surface area contributed by atoms with Crippen LogP contribution in [-0.2, 0) is 14.3 Å². The molecular formula is C15H15F3N2O5. The third kappa shape index (κ3) is 4.85. The number of hydrogen-bond donors (Lipinski definition) is 1. The smallest absolute Gasteiger partial charge is 0.469 e. The van der Waals surface area contributed by atoms with Crippen LogP contribution in [0.25, 0.3) is 0 Å². The molecule has 1 aromatic rings. The molecule has 10 heteroatoms. The molecule has 0 spiro atoms. The Morgan fingerprint density at radius 2 is 1.92 bits per heavy atom.